The van der Waals surface area contributed by atoms with Gasteiger partial charge >= 0.3 is 0 Å². The van der Waals surface area contributed by atoms with Gasteiger partial charge in [0, 0.05) is 63.2 Å². The molecule has 0 aliphatic carbocycles. The van der Waals surface area contributed by atoms with E-state index in [1.807, 2.05) is 6.07 Å². The van der Waals surface area contributed by atoms with Crippen molar-refractivity contribution in [1.82, 2.24) is 31.2 Å². The lowest BCUT2D eigenvalue weighted by Crippen LogP contribution is -2.40. The summed E-state index contributed by atoms with van der Waals surface area (Å²) in [5, 5.41) is 20.2. The van der Waals surface area contributed by atoms with Gasteiger partial charge in [-0.1, -0.05) is 104 Å². The van der Waals surface area contributed by atoms with Crippen LogP contribution in [-0.4, -0.2) is 42.2 Å². The molecular weight excluding hydrogens is 758 g/mol. The predicted octanol–water partition coefficient (Wildman–Crippen LogP) is 9.69. The van der Waals surface area contributed by atoms with Crippen LogP contribution in [0.4, 0.5) is 5.69 Å². The van der Waals surface area contributed by atoms with Crippen LogP contribution in [0.1, 0.15) is 80.8 Å². The zero-order chi connectivity index (χ0) is 43.1. The molecule has 0 spiro atoms. The molecule has 3 unspecified atom stereocenters. The molecule has 0 radical (unpaired) electrons. The molecule has 8 nitrogen and oxygen atoms in total. The van der Waals surface area contributed by atoms with Gasteiger partial charge in [0.15, 0.2) is 0 Å². The summed E-state index contributed by atoms with van der Waals surface area (Å²) >= 11 is 0. The van der Waals surface area contributed by atoms with Crippen molar-refractivity contribution in [1.29, 1.82) is 0 Å². The summed E-state index contributed by atoms with van der Waals surface area (Å²) in [7, 11) is 2.94. The van der Waals surface area contributed by atoms with Gasteiger partial charge in [-0.15, -0.1) is 9.24 Å². The number of nitrogens with one attached hydrogen (secondary N) is 5. The number of hydrogen-bond acceptors (Lipinski definition) is 8. The quantitative estimate of drug-likeness (QED) is 0.0507. The monoisotopic (exact) mass is 824 g/mol. The largest absolute Gasteiger partial charge is 0.493 e. The van der Waals surface area contributed by atoms with E-state index in [-0.39, 0.29) is 12.0 Å². The van der Waals surface area contributed by atoms with Crippen LogP contribution in [0.5, 0.6) is 0 Å². The van der Waals surface area contributed by atoms with Crippen LogP contribution in [0.15, 0.2) is 140 Å². The fourth-order valence-corrected chi connectivity index (χ4v) is 8.73. The fourth-order valence-electron chi connectivity index (χ4n) is 8.40. The second-order valence-electron chi connectivity index (χ2n) is 16.3. The van der Waals surface area contributed by atoms with Gasteiger partial charge in [0.1, 0.15) is 6.61 Å². The summed E-state index contributed by atoms with van der Waals surface area (Å²) in [5.74, 6) is 0.965. The molecule has 0 saturated heterocycles. The second kappa shape index (κ2) is 19.7. The number of pyridine rings is 1. The Bertz CT molecular complexity index is 2280. The number of anilines is 1. The Morgan fingerprint density at radius 3 is 2.43 bits per heavy atom. The Morgan fingerprint density at radius 2 is 1.72 bits per heavy atom. The summed E-state index contributed by atoms with van der Waals surface area (Å²) in [5.41, 5.74) is 17.3. The Kier molecular flexibility index (Phi) is 14.5. The number of nitrogens with zero attached hydrogens (tertiary/aromatic N) is 2. The van der Waals surface area contributed by atoms with Gasteiger partial charge in [0.2, 0.25) is 0 Å². The Morgan fingerprint density at radius 1 is 0.967 bits per heavy atom. The third-order valence-corrected chi connectivity index (χ3v) is 12.6. The van der Waals surface area contributed by atoms with E-state index < -0.39 is 0 Å². The average Bonchev–Trinajstić information content (AvgIpc) is 3.60. The van der Waals surface area contributed by atoms with Crippen LogP contribution in [-0.2, 0) is 24.1 Å². The van der Waals surface area contributed by atoms with Gasteiger partial charge in [-0.05, 0) is 85.2 Å². The summed E-state index contributed by atoms with van der Waals surface area (Å²) in [6, 6.07) is 12.6. The van der Waals surface area contributed by atoms with Gasteiger partial charge < -0.3 is 36.2 Å². The van der Waals surface area contributed by atoms with Crippen molar-refractivity contribution in [3.8, 4) is 0 Å². The number of benzene rings is 2. The van der Waals surface area contributed by atoms with Gasteiger partial charge in [-0.2, -0.15) is 0 Å². The van der Waals surface area contributed by atoms with E-state index in [2.05, 4.69) is 151 Å². The highest BCUT2D eigenvalue weighted by molar-refractivity contribution is 7.27. The van der Waals surface area contributed by atoms with Crippen molar-refractivity contribution in [2.24, 2.45) is 5.92 Å². The number of fused-ring (bicyclic) bond motifs is 4. The first-order valence-electron chi connectivity index (χ1n) is 21.5. The Hall–Kier alpha value is -5.46. The molecule has 3 atom stereocenters. The molecular formula is C51H66N7OP. The molecule has 3 aromatic rings. The molecule has 0 bridgehead atoms. The Labute approximate surface area is 361 Å². The first kappa shape index (κ1) is 44.1. The number of allylic oxidation sites excluding steroid dienone is 4. The third kappa shape index (κ3) is 9.77. The minimum Gasteiger partial charge on any atom is -0.493 e. The van der Waals surface area contributed by atoms with Crippen molar-refractivity contribution < 1.29 is 4.74 Å². The molecule has 0 saturated carbocycles. The van der Waals surface area contributed by atoms with Crippen LogP contribution >= 0.6 is 9.24 Å². The summed E-state index contributed by atoms with van der Waals surface area (Å²) in [4.78, 5) is 7.74. The highest BCUT2D eigenvalue weighted by Gasteiger charge is 2.39. The molecule has 4 heterocycles. The predicted molar refractivity (Wildman–Crippen MR) is 258 cm³/mol. The highest BCUT2D eigenvalue weighted by Crippen LogP contribution is 2.49. The van der Waals surface area contributed by atoms with Gasteiger partial charge in [-0.3, -0.25) is 0 Å². The fraction of sp³-hybridized carbons (Fsp3) is 0.353. The van der Waals surface area contributed by atoms with Crippen LogP contribution in [0.3, 0.4) is 0 Å². The maximum Gasteiger partial charge on any atom is 0.115 e. The average molecular weight is 824 g/mol. The smallest absolute Gasteiger partial charge is 0.115 e. The van der Waals surface area contributed by atoms with Crippen molar-refractivity contribution in [2.45, 2.75) is 85.2 Å². The number of ether oxygens (including phenoxy) is 1. The molecule has 2 aromatic carbocycles. The van der Waals surface area contributed by atoms with E-state index in [1.165, 1.54) is 38.5 Å². The van der Waals surface area contributed by atoms with Crippen molar-refractivity contribution in [2.75, 3.05) is 31.6 Å². The van der Waals surface area contributed by atoms with E-state index in [1.54, 1.807) is 0 Å². The van der Waals surface area contributed by atoms with Crippen LogP contribution in [0, 0.1) is 12.8 Å². The first-order valence-corrected chi connectivity index (χ1v) is 22.1. The number of aromatic nitrogens is 1. The summed E-state index contributed by atoms with van der Waals surface area (Å²) in [6.45, 7) is 42.3. The van der Waals surface area contributed by atoms with Gasteiger partial charge in [-0.25, -0.2) is 4.98 Å². The number of hydrogen-bond donors (Lipinski definition) is 5. The number of rotatable bonds is 22. The minimum atomic E-state index is -0.0483. The number of aryl methyl sites for hydroxylation is 1. The lowest BCUT2D eigenvalue weighted by Gasteiger charge is -2.36. The van der Waals surface area contributed by atoms with E-state index in [0.29, 0.717) is 26.2 Å². The molecule has 316 valence electrons. The van der Waals surface area contributed by atoms with E-state index in [4.69, 9.17) is 9.72 Å². The van der Waals surface area contributed by atoms with Crippen molar-refractivity contribution in [3.63, 3.8) is 0 Å². The van der Waals surface area contributed by atoms with Crippen LogP contribution in [0.25, 0.3) is 16.6 Å². The van der Waals surface area contributed by atoms with Crippen molar-refractivity contribution >= 4 is 36.8 Å². The van der Waals surface area contributed by atoms with Crippen LogP contribution < -0.4 is 31.9 Å². The van der Waals surface area contributed by atoms with Crippen molar-refractivity contribution in [3.05, 3.63) is 168 Å². The molecule has 60 heavy (non-hydrogen) atoms. The molecule has 6 rings (SSSR count). The molecule has 0 amide bonds. The van der Waals surface area contributed by atoms with E-state index in [0.717, 1.165) is 120 Å². The van der Waals surface area contributed by atoms with Gasteiger partial charge in [0.25, 0.3) is 0 Å². The first-order chi connectivity index (χ1) is 28.8. The molecule has 3 aliphatic heterocycles. The maximum atomic E-state index is 6.06. The molecule has 1 aromatic heterocycles. The molecule has 9 heteroatoms. The Balaban J connectivity index is 1.12. The normalized spacial score (nSPS) is 15.9. The zero-order valence-electron chi connectivity index (χ0n) is 36.5. The lowest BCUT2D eigenvalue weighted by molar-refractivity contribution is 0.190. The third-order valence-electron chi connectivity index (χ3n) is 12.0. The highest BCUT2D eigenvalue weighted by atomic mass is 31.0. The van der Waals surface area contributed by atoms with E-state index >= 15 is 0 Å². The molecule has 0 fully saturated rings. The lowest BCUT2D eigenvalue weighted by atomic mass is 9.85. The second-order valence-corrected chi connectivity index (χ2v) is 16.9. The molecule has 3 aliphatic rings. The van der Waals surface area contributed by atoms with Gasteiger partial charge in [0.05, 0.1) is 54.0 Å². The maximum absolute atomic E-state index is 6.06. The van der Waals surface area contributed by atoms with E-state index in [9.17, 15) is 0 Å². The molecule has 5 N–H and O–H groups in total. The standard InChI is InChI=1S/C51H66N7OP/c1-12-19-41-35(8)48(60)26-46-49(41)51(43-29-58-37(10)44-30-59-38(11)40(14-3)42(44)25-47(58)50(43)57-46)56-32(5)20-18-23-52-33(6)27-54-36(9)45(24-39-21-16-15-17-22-39)55-34(7)28-53-31(4)13-2/h15-17,21-22,25-26,40,45,52-55H,4-7,9-14,18-20,23-24,27-30,60H2,1-3,8H3,(H,56,57). The topological polar surface area (TPSA) is 85.5 Å². The van der Waals surface area contributed by atoms with Crippen LogP contribution in [0.2, 0.25) is 0 Å². The minimum absolute atomic E-state index is 0.0483. The SMILES string of the molecule is C=C(CC)NCC(=C)NC(Cc1ccccc1)C(=C)NCC(=C)NCCCC(=C)Nc1c2c(nc3cc(P)c(C)c(CCC)c13)C1=CC3=C(COC(=C)C3CC)C(=C)N1C2. The summed E-state index contributed by atoms with van der Waals surface area (Å²) < 4.78 is 6.06. The summed E-state index contributed by atoms with van der Waals surface area (Å²) in [6.07, 6.45) is 8.57. The zero-order valence-corrected chi connectivity index (χ0v) is 37.7.